The van der Waals surface area contributed by atoms with E-state index < -0.39 is 0 Å². The molecule has 12 rings (SSSR count). The number of aromatic nitrogens is 4. The Morgan fingerprint density at radius 2 is 1.00 bits per heavy atom. The van der Waals surface area contributed by atoms with Crippen molar-refractivity contribution in [1.82, 2.24) is 19.1 Å². The minimum absolute atomic E-state index is 0.135. The van der Waals surface area contributed by atoms with Gasteiger partial charge in [-0.25, -0.2) is 9.97 Å². The van der Waals surface area contributed by atoms with Crippen molar-refractivity contribution in [3.63, 3.8) is 0 Å². The van der Waals surface area contributed by atoms with Gasteiger partial charge in [-0.2, -0.15) is 0 Å². The van der Waals surface area contributed by atoms with Gasteiger partial charge in [0.05, 0.1) is 27.6 Å². The number of nitrogens with zero attached hydrogens (tertiary/aromatic N) is 4. The van der Waals surface area contributed by atoms with Crippen LogP contribution >= 0.6 is 0 Å². The van der Waals surface area contributed by atoms with Gasteiger partial charge in [0.2, 0.25) is 0 Å². The Labute approximate surface area is 317 Å². The van der Waals surface area contributed by atoms with Crippen LogP contribution in [0, 0.1) is 0 Å². The molecule has 1 aliphatic rings. The van der Waals surface area contributed by atoms with Crippen LogP contribution in [-0.4, -0.2) is 19.1 Å². The molecule has 0 bridgehead atoms. The fourth-order valence-electron chi connectivity index (χ4n) is 9.52. The first-order chi connectivity index (χ1) is 27.0. The first-order valence-electron chi connectivity index (χ1n) is 19.0. The molecule has 0 N–H and O–H groups in total. The average molecular weight is 703 g/mol. The Hall–Kier alpha value is -7.04. The molecule has 0 spiro atoms. The molecule has 4 heteroatoms. The van der Waals surface area contributed by atoms with Crippen LogP contribution < -0.4 is 0 Å². The third-order valence-electron chi connectivity index (χ3n) is 12.1. The van der Waals surface area contributed by atoms with Gasteiger partial charge in [-0.1, -0.05) is 141 Å². The molecule has 11 aromatic rings. The summed E-state index contributed by atoms with van der Waals surface area (Å²) in [6.45, 7) is 4.66. The molecule has 0 saturated carbocycles. The summed E-state index contributed by atoms with van der Waals surface area (Å²) in [7, 11) is 0. The van der Waals surface area contributed by atoms with E-state index in [1.165, 1.54) is 54.8 Å². The first-order valence-corrected chi connectivity index (χ1v) is 19.0. The van der Waals surface area contributed by atoms with Crippen molar-refractivity contribution in [3.05, 3.63) is 181 Å². The Kier molecular flexibility index (Phi) is 6.09. The van der Waals surface area contributed by atoms with Crippen molar-refractivity contribution in [1.29, 1.82) is 0 Å². The molecule has 0 amide bonds. The highest BCUT2D eigenvalue weighted by molar-refractivity contribution is 6.14. The Balaban J connectivity index is 1.17. The summed E-state index contributed by atoms with van der Waals surface area (Å²) < 4.78 is 4.77. The first kappa shape index (κ1) is 30.4. The molecule has 258 valence electrons. The van der Waals surface area contributed by atoms with Gasteiger partial charge >= 0.3 is 0 Å². The van der Waals surface area contributed by atoms with Gasteiger partial charge < -0.3 is 4.57 Å². The van der Waals surface area contributed by atoms with E-state index in [0.29, 0.717) is 0 Å². The molecular formula is C51H34N4. The largest absolute Gasteiger partial charge is 0.309 e. The molecule has 0 radical (unpaired) electrons. The summed E-state index contributed by atoms with van der Waals surface area (Å²) in [5.41, 5.74) is 12.8. The molecule has 0 unspecified atom stereocenters. The van der Waals surface area contributed by atoms with Crippen LogP contribution in [-0.2, 0) is 5.41 Å². The summed E-state index contributed by atoms with van der Waals surface area (Å²) in [6, 6.07) is 61.6. The van der Waals surface area contributed by atoms with Gasteiger partial charge in [0.1, 0.15) is 5.82 Å². The van der Waals surface area contributed by atoms with Crippen molar-refractivity contribution in [3.8, 4) is 34.0 Å². The van der Waals surface area contributed by atoms with Crippen LogP contribution in [0.3, 0.4) is 0 Å². The number of benzene rings is 8. The molecule has 55 heavy (non-hydrogen) atoms. The minimum atomic E-state index is -0.135. The van der Waals surface area contributed by atoms with E-state index in [1.807, 2.05) is 0 Å². The van der Waals surface area contributed by atoms with E-state index in [1.54, 1.807) is 0 Å². The molecule has 3 aromatic heterocycles. The van der Waals surface area contributed by atoms with Crippen LogP contribution in [0.15, 0.2) is 170 Å². The third kappa shape index (κ3) is 4.17. The summed E-state index contributed by atoms with van der Waals surface area (Å²) >= 11 is 0. The third-order valence-corrected chi connectivity index (χ3v) is 12.1. The maximum Gasteiger partial charge on any atom is 0.162 e. The fraction of sp³-hybridized carbons (Fsp3) is 0.0588. The summed E-state index contributed by atoms with van der Waals surface area (Å²) in [4.78, 5) is 11.0. The van der Waals surface area contributed by atoms with Crippen molar-refractivity contribution in [2.45, 2.75) is 19.3 Å². The van der Waals surface area contributed by atoms with Crippen LogP contribution in [0.5, 0.6) is 0 Å². The topological polar surface area (TPSA) is 35.6 Å². The molecular weight excluding hydrogens is 669 g/mol. The lowest BCUT2D eigenvalue weighted by atomic mass is 9.82. The van der Waals surface area contributed by atoms with Gasteiger partial charge in [0, 0.05) is 49.0 Å². The van der Waals surface area contributed by atoms with Crippen LogP contribution in [0.25, 0.3) is 99.3 Å². The van der Waals surface area contributed by atoms with Gasteiger partial charge in [0.15, 0.2) is 5.82 Å². The molecule has 0 saturated heterocycles. The van der Waals surface area contributed by atoms with Crippen molar-refractivity contribution >= 4 is 65.3 Å². The maximum absolute atomic E-state index is 5.58. The molecule has 0 atom stereocenters. The van der Waals surface area contributed by atoms with E-state index in [0.717, 1.165) is 55.6 Å². The minimum Gasteiger partial charge on any atom is -0.309 e. The van der Waals surface area contributed by atoms with Gasteiger partial charge in [-0.15, -0.1) is 0 Å². The highest BCUT2D eigenvalue weighted by Gasteiger charge is 2.35. The number of rotatable bonds is 3. The quantitative estimate of drug-likeness (QED) is 0.172. The average Bonchev–Trinajstić information content (AvgIpc) is 3.83. The Bertz CT molecular complexity index is 3360. The van der Waals surface area contributed by atoms with E-state index in [-0.39, 0.29) is 5.41 Å². The molecule has 4 nitrogen and oxygen atoms in total. The number of hydrogen-bond donors (Lipinski definition) is 0. The standard InChI is InChI=1S/C51H34N4/c1-51(2)42-19-9-5-15-35(42)36-26-24-32(29-43(36)51)49-52-48-34-14-4-3-13-31(34)23-27-41(48)50(53-49)55-46-22-12-8-18-39(46)40-28-25-33(30-47(40)55)54-44-20-10-6-16-37(44)38-17-7-11-21-45(38)54/h3-30H,1-2H3. The second-order valence-corrected chi connectivity index (χ2v) is 15.4. The summed E-state index contributed by atoms with van der Waals surface area (Å²) in [6.07, 6.45) is 0. The second kappa shape index (κ2) is 11.0. The molecule has 8 aromatic carbocycles. The van der Waals surface area contributed by atoms with Gasteiger partial charge in [-0.3, -0.25) is 4.57 Å². The number of para-hydroxylation sites is 3. The predicted octanol–water partition coefficient (Wildman–Crippen LogP) is 13.0. The molecule has 0 aliphatic heterocycles. The maximum atomic E-state index is 5.58. The summed E-state index contributed by atoms with van der Waals surface area (Å²) in [5, 5.41) is 8.16. The SMILES string of the molecule is CC1(C)c2ccccc2-c2ccc(-c3nc(-n4c5ccccc5c5ccc(-n6c7ccccc7c7ccccc76)cc54)c4ccc5ccccc5c4n3)cc21. The van der Waals surface area contributed by atoms with E-state index in [4.69, 9.17) is 9.97 Å². The fourth-order valence-corrected chi connectivity index (χ4v) is 9.52. The monoisotopic (exact) mass is 702 g/mol. The van der Waals surface area contributed by atoms with E-state index >= 15 is 0 Å². The van der Waals surface area contributed by atoms with Crippen LogP contribution in [0.2, 0.25) is 0 Å². The lowest BCUT2D eigenvalue weighted by Crippen LogP contribution is -2.15. The number of fused-ring (bicyclic) bond motifs is 12. The van der Waals surface area contributed by atoms with Crippen LogP contribution in [0.4, 0.5) is 0 Å². The lowest BCUT2D eigenvalue weighted by Gasteiger charge is -2.22. The van der Waals surface area contributed by atoms with E-state index in [9.17, 15) is 0 Å². The van der Waals surface area contributed by atoms with Gasteiger partial charge in [0.25, 0.3) is 0 Å². The smallest absolute Gasteiger partial charge is 0.162 e. The molecule has 3 heterocycles. The second-order valence-electron chi connectivity index (χ2n) is 15.4. The zero-order chi connectivity index (χ0) is 36.4. The zero-order valence-corrected chi connectivity index (χ0v) is 30.5. The molecule has 0 fully saturated rings. The normalized spacial score (nSPS) is 13.4. The van der Waals surface area contributed by atoms with Crippen molar-refractivity contribution in [2.75, 3.05) is 0 Å². The van der Waals surface area contributed by atoms with E-state index in [2.05, 4.69) is 193 Å². The Morgan fingerprint density at radius 1 is 0.418 bits per heavy atom. The zero-order valence-electron chi connectivity index (χ0n) is 30.5. The number of hydrogen-bond acceptors (Lipinski definition) is 2. The highest BCUT2D eigenvalue weighted by atomic mass is 15.1. The van der Waals surface area contributed by atoms with Gasteiger partial charge in [-0.05, 0) is 70.1 Å². The lowest BCUT2D eigenvalue weighted by molar-refractivity contribution is 0.660. The van der Waals surface area contributed by atoms with Crippen molar-refractivity contribution in [2.24, 2.45) is 0 Å². The summed E-state index contributed by atoms with van der Waals surface area (Å²) in [5.74, 6) is 1.59. The highest BCUT2D eigenvalue weighted by Crippen LogP contribution is 2.49. The Morgan fingerprint density at radius 3 is 1.75 bits per heavy atom. The van der Waals surface area contributed by atoms with Crippen molar-refractivity contribution < 1.29 is 0 Å². The van der Waals surface area contributed by atoms with Crippen LogP contribution in [0.1, 0.15) is 25.0 Å². The predicted molar refractivity (Wildman–Crippen MR) is 229 cm³/mol. The molecule has 1 aliphatic carbocycles.